The molecule has 0 radical (unpaired) electrons. The van der Waals surface area contributed by atoms with Crippen molar-refractivity contribution in [1.82, 2.24) is 0 Å². The number of nitrogens with zero attached hydrogens (tertiary/aromatic N) is 2. The highest BCUT2D eigenvalue weighted by atomic mass is 127. The van der Waals surface area contributed by atoms with E-state index in [1.54, 1.807) is 0 Å². The molecule has 2 heterocycles. The van der Waals surface area contributed by atoms with Gasteiger partial charge in [-0.1, -0.05) is 22.7 Å². The number of halogens is 2. The molecule has 0 amide bonds. The molecule has 3 rings (SSSR count). The third-order valence-corrected chi connectivity index (χ3v) is 10.4. The SMILES string of the molecule is CSc1sc(C)c(C)[n+]1-c1c(C)c(C)c(C)c(-[n+]2c(SC)sc(C)c2C)c1C.[I-].[I-]. The Morgan fingerprint density at radius 2 is 0.867 bits per heavy atom. The minimum Gasteiger partial charge on any atom is -1.00 e. The second-order valence-electron chi connectivity index (χ2n) is 7.30. The van der Waals surface area contributed by atoms with Crippen LogP contribution in [0.5, 0.6) is 0 Å². The molecule has 0 saturated carbocycles. The van der Waals surface area contributed by atoms with Crippen LogP contribution in [0.3, 0.4) is 0 Å². The van der Waals surface area contributed by atoms with Crippen LogP contribution in [0.2, 0.25) is 0 Å². The van der Waals surface area contributed by atoms with E-state index in [1.807, 2.05) is 46.2 Å². The topological polar surface area (TPSA) is 7.76 Å². The zero-order valence-electron chi connectivity index (χ0n) is 19.3. The Morgan fingerprint density at radius 3 is 1.17 bits per heavy atom. The smallest absolute Gasteiger partial charge is 0.303 e. The molecule has 3 aromatic rings. The molecule has 0 unspecified atom stereocenters. The minimum absolute atomic E-state index is 0. The van der Waals surface area contributed by atoms with E-state index in [-0.39, 0.29) is 48.0 Å². The molecule has 0 aliphatic carbocycles. The van der Waals surface area contributed by atoms with Gasteiger partial charge in [-0.2, -0.15) is 0 Å². The maximum Gasteiger partial charge on any atom is 0.303 e. The Labute approximate surface area is 232 Å². The summed E-state index contributed by atoms with van der Waals surface area (Å²) in [5, 5.41) is 0. The van der Waals surface area contributed by atoms with Gasteiger partial charge in [0.05, 0.1) is 15.3 Å². The lowest BCUT2D eigenvalue weighted by molar-refractivity contribution is -0.644. The molecule has 0 saturated heterocycles. The van der Waals surface area contributed by atoms with Gasteiger partial charge >= 0.3 is 8.68 Å². The van der Waals surface area contributed by atoms with Crippen molar-refractivity contribution < 1.29 is 57.1 Å². The lowest BCUT2D eigenvalue weighted by atomic mass is 9.95. The summed E-state index contributed by atoms with van der Waals surface area (Å²) < 4.78 is 7.67. The van der Waals surface area contributed by atoms with Crippen molar-refractivity contribution in [3.8, 4) is 11.4 Å². The standard InChI is InChI=1S/C22H30N2S4.2HI/c1-11-12(2)19(23-15(5)17(7)27-21(23)25-9)14(4)20(13(11)3)24-16(6)18(8)28-22(24)26-10;;/h1-10H3;2*1H/q+2;;/p-2. The van der Waals surface area contributed by atoms with Gasteiger partial charge in [-0.3, -0.25) is 0 Å². The number of aromatic nitrogens is 2. The normalized spacial score (nSPS) is 10.7. The van der Waals surface area contributed by atoms with Crippen molar-refractivity contribution in [3.05, 3.63) is 43.4 Å². The third kappa shape index (κ3) is 4.64. The first-order chi connectivity index (χ1) is 13.1. The fourth-order valence-corrected chi connectivity index (χ4v) is 7.73. The van der Waals surface area contributed by atoms with E-state index < -0.39 is 0 Å². The van der Waals surface area contributed by atoms with E-state index >= 15 is 0 Å². The molecule has 30 heavy (non-hydrogen) atoms. The Hall–Kier alpha value is 0.640. The van der Waals surface area contributed by atoms with Crippen LogP contribution in [-0.2, 0) is 0 Å². The second-order valence-corrected chi connectivity index (χ2v) is 11.8. The maximum absolute atomic E-state index is 2.49. The zero-order valence-corrected chi connectivity index (χ0v) is 26.9. The predicted octanol–water partition coefficient (Wildman–Crippen LogP) is 0.282. The molecule has 2 aromatic heterocycles. The molecular formula is C22H30I2N2S4. The van der Waals surface area contributed by atoms with Crippen molar-refractivity contribution in [2.45, 2.75) is 64.1 Å². The summed E-state index contributed by atoms with van der Waals surface area (Å²) in [4.78, 5) is 2.78. The zero-order chi connectivity index (χ0) is 20.9. The average Bonchev–Trinajstić information content (AvgIpc) is 3.11. The van der Waals surface area contributed by atoms with Gasteiger partial charge < -0.3 is 48.0 Å². The molecule has 0 N–H and O–H groups in total. The number of thioether (sulfide) groups is 2. The highest BCUT2D eigenvalue weighted by Gasteiger charge is 2.35. The minimum atomic E-state index is 0. The van der Waals surface area contributed by atoms with E-state index in [4.69, 9.17) is 0 Å². The number of hydrogen-bond donors (Lipinski definition) is 0. The van der Waals surface area contributed by atoms with Crippen LogP contribution in [0.25, 0.3) is 11.4 Å². The summed E-state index contributed by atoms with van der Waals surface area (Å²) in [6.45, 7) is 18.1. The predicted molar refractivity (Wildman–Crippen MR) is 127 cm³/mol. The molecule has 0 fully saturated rings. The number of hydrogen-bond acceptors (Lipinski definition) is 4. The van der Waals surface area contributed by atoms with Crippen molar-refractivity contribution in [2.24, 2.45) is 0 Å². The molecule has 0 spiro atoms. The lowest BCUT2D eigenvalue weighted by Gasteiger charge is -2.14. The van der Waals surface area contributed by atoms with Crippen LogP contribution in [0, 0.1) is 55.4 Å². The number of benzene rings is 1. The molecule has 8 heteroatoms. The average molecular weight is 705 g/mol. The summed E-state index contributed by atoms with van der Waals surface area (Å²) >= 11 is 7.48. The van der Waals surface area contributed by atoms with Gasteiger partial charge in [0.1, 0.15) is 0 Å². The molecule has 1 aromatic carbocycles. The fraction of sp³-hybridized carbons (Fsp3) is 0.455. The van der Waals surface area contributed by atoms with E-state index in [1.165, 1.54) is 63.5 Å². The van der Waals surface area contributed by atoms with Gasteiger partial charge in [0.25, 0.3) is 0 Å². The van der Waals surface area contributed by atoms with Crippen LogP contribution in [0.15, 0.2) is 8.68 Å². The van der Waals surface area contributed by atoms with E-state index in [2.05, 4.69) is 77.0 Å². The van der Waals surface area contributed by atoms with Crippen molar-refractivity contribution in [1.29, 1.82) is 0 Å². The Morgan fingerprint density at radius 1 is 0.533 bits per heavy atom. The van der Waals surface area contributed by atoms with E-state index in [0.29, 0.717) is 0 Å². The van der Waals surface area contributed by atoms with Gasteiger partial charge in [-0.25, -0.2) is 0 Å². The fourth-order valence-electron chi connectivity index (χ4n) is 3.86. The number of aryl methyl sites for hydroxylation is 2. The van der Waals surface area contributed by atoms with Gasteiger partial charge in [0, 0.05) is 25.0 Å². The monoisotopic (exact) mass is 704 g/mol. The van der Waals surface area contributed by atoms with Crippen LogP contribution < -0.4 is 57.1 Å². The van der Waals surface area contributed by atoms with Gasteiger partial charge in [-0.05, 0) is 83.1 Å². The van der Waals surface area contributed by atoms with Gasteiger partial charge in [0.15, 0.2) is 11.4 Å². The Bertz CT molecular complexity index is 1000. The molecule has 0 aliphatic rings. The molecule has 2 nitrogen and oxygen atoms in total. The van der Waals surface area contributed by atoms with Crippen LogP contribution in [0.1, 0.15) is 43.4 Å². The summed E-state index contributed by atoms with van der Waals surface area (Å²) in [5.74, 6) is 0. The Balaban J connectivity index is 0.00000225. The number of rotatable bonds is 4. The van der Waals surface area contributed by atoms with E-state index in [9.17, 15) is 0 Å². The van der Waals surface area contributed by atoms with Gasteiger partial charge in [-0.15, -0.1) is 9.13 Å². The first-order valence-corrected chi connectivity index (χ1v) is 13.5. The van der Waals surface area contributed by atoms with Crippen molar-refractivity contribution in [2.75, 3.05) is 12.5 Å². The summed E-state index contributed by atoms with van der Waals surface area (Å²) in [7, 11) is 0. The van der Waals surface area contributed by atoms with Crippen molar-refractivity contribution in [3.63, 3.8) is 0 Å². The van der Waals surface area contributed by atoms with Gasteiger partial charge in [0.2, 0.25) is 11.4 Å². The second kappa shape index (κ2) is 11.2. The van der Waals surface area contributed by atoms with E-state index in [0.717, 1.165) is 0 Å². The molecule has 0 atom stereocenters. The molecule has 0 bridgehead atoms. The largest absolute Gasteiger partial charge is 1.00 e. The molecule has 0 aliphatic heterocycles. The van der Waals surface area contributed by atoms with Crippen molar-refractivity contribution >= 4 is 46.2 Å². The first kappa shape index (κ1) is 28.7. The first-order valence-electron chi connectivity index (χ1n) is 9.38. The van der Waals surface area contributed by atoms with Crippen LogP contribution in [0.4, 0.5) is 0 Å². The number of thiazole rings is 2. The quantitative estimate of drug-likeness (QED) is 0.219. The third-order valence-electron chi connectivity index (χ3n) is 5.88. The molecule has 166 valence electrons. The molecular weight excluding hydrogens is 674 g/mol. The highest BCUT2D eigenvalue weighted by molar-refractivity contribution is 8.00. The van der Waals surface area contributed by atoms with Crippen LogP contribution in [-0.4, -0.2) is 12.5 Å². The Kier molecular flexibility index (Phi) is 10.7. The van der Waals surface area contributed by atoms with Crippen LogP contribution >= 0.6 is 46.2 Å². The summed E-state index contributed by atoms with van der Waals surface area (Å²) in [6.07, 6.45) is 4.36. The highest BCUT2D eigenvalue weighted by Crippen LogP contribution is 2.34. The summed E-state index contributed by atoms with van der Waals surface area (Å²) in [6, 6.07) is 0. The summed E-state index contributed by atoms with van der Waals surface area (Å²) in [5.41, 5.74) is 10.9. The maximum atomic E-state index is 2.49. The lowest BCUT2D eigenvalue weighted by Crippen LogP contribution is -3.00.